The molecule has 0 atom stereocenters. The summed E-state index contributed by atoms with van der Waals surface area (Å²) in [6.07, 6.45) is 0. The third-order valence-corrected chi connectivity index (χ3v) is 2.77. The average molecular weight is 291 g/mol. The molecule has 21 heavy (non-hydrogen) atoms. The highest BCUT2D eigenvalue weighted by Crippen LogP contribution is 2.14. The Morgan fingerprint density at radius 2 is 2.00 bits per heavy atom. The molecule has 4 N–H and O–H groups in total. The molecule has 0 amide bonds. The molecule has 7 heteroatoms. The first kappa shape index (κ1) is 15.1. The molecule has 0 saturated heterocycles. The minimum absolute atomic E-state index is 0.259. The van der Waals surface area contributed by atoms with Crippen LogP contribution in [0.4, 0.5) is 16.0 Å². The molecule has 0 unspecified atom stereocenters. The molecule has 0 saturated carbocycles. The first-order valence-corrected chi connectivity index (χ1v) is 6.62. The van der Waals surface area contributed by atoms with E-state index >= 15 is 0 Å². The van der Waals surface area contributed by atoms with Gasteiger partial charge in [-0.15, -0.1) is 0 Å². The summed E-state index contributed by atoms with van der Waals surface area (Å²) in [6, 6.07) is 8.22. The topological polar surface area (TPSA) is 85.1 Å². The van der Waals surface area contributed by atoms with Crippen LogP contribution in [0.1, 0.15) is 18.3 Å². The maximum absolute atomic E-state index is 13.6. The van der Waals surface area contributed by atoms with Gasteiger partial charge in [-0.2, -0.15) is 0 Å². The van der Waals surface area contributed by atoms with Crippen molar-refractivity contribution in [3.8, 4) is 0 Å². The number of hydrogen-bond donors (Lipinski definition) is 3. The van der Waals surface area contributed by atoms with Crippen LogP contribution in [0, 0.1) is 5.82 Å². The molecule has 0 bridgehead atoms. The number of nitrogens with two attached hydrogens (primary N) is 1. The van der Waals surface area contributed by atoms with Gasteiger partial charge in [0.15, 0.2) is 5.82 Å². The van der Waals surface area contributed by atoms with E-state index in [0.29, 0.717) is 42.8 Å². The third kappa shape index (κ3) is 4.37. The molecular formula is C14H18FN5O. The Morgan fingerprint density at radius 3 is 2.71 bits per heavy atom. The van der Waals surface area contributed by atoms with Gasteiger partial charge in [-0.3, -0.25) is 0 Å². The molecular weight excluding hydrogens is 273 g/mol. The Labute approximate surface area is 122 Å². The first-order valence-electron chi connectivity index (χ1n) is 6.62. The van der Waals surface area contributed by atoms with E-state index in [-0.39, 0.29) is 5.82 Å². The number of hydrogen-bond acceptors (Lipinski definition) is 6. The van der Waals surface area contributed by atoms with E-state index in [4.69, 9.17) is 10.6 Å². The number of nitrogens with one attached hydrogen (secondary N) is 2. The van der Waals surface area contributed by atoms with Gasteiger partial charge in [-0.25, -0.2) is 20.2 Å². The van der Waals surface area contributed by atoms with Crippen molar-refractivity contribution < 1.29 is 9.13 Å². The molecule has 6 nitrogen and oxygen atoms in total. The number of benzene rings is 1. The number of ether oxygens (including phenoxy) is 1. The first-order chi connectivity index (χ1) is 10.2. The number of anilines is 2. The van der Waals surface area contributed by atoms with Crippen LogP contribution < -0.4 is 16.6 Å². The highest BCUT2D eigenvalue weighted by molar-refractivity contribution is 5.47. The minimum atomic E-state index is -0.259. The van der Waals surface area contributed by atoms with Gasteiger partial charge in [0.25, 0.3) is 0 Å². The highest BCUT2D eigenvalue weighted by atomic mass is 19.1. The fourth-order valence-corrected chi connectivity index (χ4v) is 1.75. The summed E-state index contributed by atoms with van der Waals surface area (Å²) in [5, 5.41) is 3.05. The summed E-state index contributed by atoms with van der Waals surface area (Å²) in [4.78, 5) is 8.47. The summed E-state index contributed by atoms with van der Waals surface area (Å²) in [7, 11) is 0. The maximum Gasteiger partial charge on any atom is 0.158 e. The lowest BCUT2D eigenvalue weighted by Gasteiger charge is -2.10. The predicted octanol–water partition coefficient (Wildman–Crippen LogP) is 2.05. The molecule has 0 aliphatic rings. The number of hydrazine groups is 1. The predicted molar refractivity (Wildman–Crippen MR) is 78.9 cm³/mol. The second-order valence-electron chi connectivity index (χ2n) is 4.28. The lowest BCUT2D eigenvalue weighted by Crippen LogP contribution is -2.13. The van der Waals surface area contributed by atoms with Crippen molar-refractivity contribution in [1.82, 2.24) is 9.97 Å². The van der Waals surface area contributed by atoms with E-state index in [2.05, 4.69) is 20.7 Å². The van der Waals surface area contributed by atoms with Crippen molar-refractivity contribution in [3.63, 3.8) is 0 Å². The van der Waals surface area contributed by atoms with Crippen LogP contribution in [0.3, 0.4) is 0 Å². The number of nitrogen functional groups attached to an aromatic ring is 1. The molecule has 0 aliphatic carbocycles. The Morgan fingerprint density at radius 1 is 1.24 bits per heavy atom. The summed E-state index contributed by atoms with van der Waals surface area (Å²) in [6.45, 7) is 3.08. The Hall–Kier alpha value is -2.25. The monoisotopic (exact) mass is 291 g/mol. The smallest absolute Gasteiger partial charge is 0.158 e. The zero-order valence-corrected chi connectivity index (χ0v) is 11.8. The fraction of sp³-hybridized carbons (Fsp3) is 0.286. The lowest BCUT2D eigenvalue weighted by atomic mass is 10.2. The molecule has 112 valence electrons. The van der Waals surface area contributed by atoms with Gasteiger partial charge in [0.05, 0.1) is 0 Å². The van der Waals surface area contributed by atoms with Crippen molar-refractivity contribution in [2.45, 2.75) is 20.1 Å². The summed E-state index contributed by atoms with van der Waals surface area (Å²) >= 11 is 0. The summed E-state index contributed by atoms with van der Waals surface area (Å²) in [5.41, 5.74) is 3.03. The molecule has 1 aromatic carbocycles. The van der Waals surface area contributed by atoms with Gasteiger partial charge < -0.3 is 15.5 Å². The molecule has 1 aromatic heterocycles. The molecule has 2 aromatic rings. The average Bonchev–Trinajstić information content (AvgIpc) is 2.52. The van der Waals surface area contributed by atoms with E-state index in [1.165, 1.54) is 6.07 Å². The second kappa shape index (κ2) is 7.51. The van der Waals surface area contributed by atoms with Gasteiger partial charge in [-0.1, -0.05) is 18.2 Å². The number of rotatable bonds is 7. The standard InChI is InChI=1S/C14H18FN5O/c1-2-21-9-14-18-12(7-13(19-14)20-16)17-8-10-5-3-4-6-11(10)15/h3-7H,2,8-9,16H2,1H3,(H2,17,18,19,20). The normalized spacial score (nSPS) is 10.4. The van der Waals surface area contributed by atoms with Crippen LogP contribution in [-0.4, -0.2) is 16.6 Å². The van der Waals surface area contributed by atoms with Gasteiger partial charge in [0.1, 0.15) is 24.1 Å². The summed E-state index contributed by atoms with van der Waals surface area (Å²) in [5.74, 6) is 6.64. The van der Waals surface area contributed by atoms with Gasteiger partial charge in [0, 0.05) is 24.8 Å². The molecule has 0 radical (unpaired) electrons. The lowest BCUT2D eigenvalue weighted by molar-refractivity contribution is 0.128. The van der Waals surface area contributed by atoms with E-state index < -0.39 is 0 Å². The van der Waals surface area contributed by atoms with E-state index in [1.807, 2.05) is 6.92 Å². The van der Waals surface area contributed by atoms with Gasteiger partial charge in [0.2, 0.25) is 0 Å². The third-order valence-electron chi connectivity index (χ3n) is 2.77. The van der Waals surface area contributed by atoms with Crippen LogP contribution in [0.15, 0.2) is 30.3 Å². The number of halogens is 1. The fourth-order valence-electron chi connectivity index (χ4n) is 1.75. The SMILES string of the molecule is CCOCc1nc(NN)cc(NCc2ccccc2F)n1. The Kier molecular flexibility index (Phi) is 5.42. The van der Waals surface area contributed by atoms with Crippen LogP contribution in [0.25, 0.3) is 0 Å². The van der Waals surface area contributed by atoms with Crippen molar-refractivity contribution >= 4 is 11.6 Å². The van der Waals surface area contributed by atoms with Crippen LogP contribution in [0.5, 0.6) is 0 Å². The van der Waals surface area contributed by atoms with Crippen molar-refractivity contribution in [2.75, 3.05) is 17.3 Å². The van der Waals surface area contributed by atoms with Crippen LogP contribution >= 0.6 is 0 Å². The quantitative estimate of drug-likeness (QED) is 0.535. The molecule has 2 rings (SSSR count). The minimum Gasteiger partial charge on any atom is -0.374 e. The number of aromatic nitrogens is 2. The van der Waals surface area contributed by atoms with Crippen molar-refractivity contribution in [3.05, 3.63) is 47.5 Å². The Bertz CT molecular complexity index is 593. The molecule has 0 spiro atoms. The van der Waals surface area contributed by atoms with Gasteiger partial charge >= 0.3 is 0 Å². The second-order valence-corrected chi connectivity index (χ2v) is 4.28. The molecule has 1 heterocycles. The van der Waals surface area contributed by atoms with Crippen LogP contribution in [-0.2, 0) is 17.9 Å². The zero-order chi connectivity index (χ0) is 15.1. The van der Waals surface area contributed by atoms with E-state index in [1.54, 1.807) is 24.3 Å². The maximum atomic E-state index is 13.6. The van der Waals surface area contributed by atoms with Gasteiger partial charge in [-0.05, 0) is 13.0 Å². The largest absolute Gasteiger partial charge is 0.374 e. The van der Waals surface area contributed by atoms with E-state index in [9.17, 15) is 4.39 Å². The summed E-state index contributed by atoms with van der Waals surface area (Å²) < 4.78 is 18.8. The zero-order valence-electron chi connectivity index (χ0n) is 11.8. The van der Waals surface area contributed by atoms with Crippen molar-refractivity contribution in [2.24, 2.45) is 5.84 Å². The van der Waals surface area contributed by atoms with E-state index in [0.717, 1.165) is 0 Å². The number of nitrogens with zero attached hydrogens (tertiary/aromatic N) is 2. The Balaban J connectivity index is 2.09. The van der Waals surface area contributed by atoms with Crippen molar-refractivity contribution in [1.29, 1.82) is 0 Å². The van der Waals surface area contributed by atoms with Crippen LogP contribution in [0.2, 0.25) is 0 Å². The molecule has 0 aliphatic heterocycles. The molecule has 0 fully saturated rings. The highest BCUT2D eigenvalue weighted by Gasteiger charge is 2.06.